The van der Waals surface area contributed by atoms with Gasteiger partial charge in [-0.25, -0.2) is 0 Å². The standard InChI is InChI=1S/C19H30O2/c1-3-5-14-20-18-12-8-17(9-13-18)15-21-19-10-6-16(4-2)7-11-19/h6-7,10-11,17-18H,3-5,8-9,12-15H2,1-2H3. The number of benzene rings is 1. The van der Waals surface area contributed by atoms with E-state index in [4.69, 9.17) is 9.47 Å². The predicted molar refractivity (Wildman–Crippen MR) is 87.9 cm³/mol. The second kappa shape index (κ2) is 9.09. The molecular formula is C19H30O2. The molecule has 0 spiro atoms. The zero-order valence-corrected chi connectivity index (χ0v) is 13.6. The zero-order chi connectivity index (χ0) is 14.9. The Hall–Kier alpha value is -1.02. The van der Waals surface area contributed by atoms with Crippen LogP contribution in [0.1, 0.15) is 57.9 Å². The van der Waals surface area contributed by atoms with Crippen LogP contribution < -0.4 is 4.74 Å². The minimum absolute atomic E-state index is 0.497. The van der Waals surface area contributed by atoms with E-state index in [0.29, 0.717) is 12.0 Å². The molecule has 2 heteroatoms. The predicted octanol–water partition coefficient (Wildman–Crippen LogP) is 5.00. The summed E-state index contributed by atoms with van der Waals surface area (Å²) < 4.78 is 11.9. The van der Waals surface area contributed by atoms with Crippen molar-refractivity contribution in [3.8, 4) is 5.75 Å². The average Bonchev–Trinajstić information content (AvgIpc) is 2.55. The van der Waals surface area contributed by atoms with Gasteiger partial charge < -0.3 is 9.47 Å². The van der Waals surface area contributed by atoms with Gasteiger partial charge in [-0.1, -0.05) is 32.4 Å². The monoisotopic (exact) mass is 290 g/mol. The lowest BCUT2D eigenvalue weighted by molar-refractivity contribution is 0.0116. The van der Waals surface area contributed by atoms with E-state index < -0.39 is 0 Å². The first-order chi connectivity index (χ1) is 10.3. The third-order valence-electron chi connectivity index (χ3n) is 4.46. The van der Waals surface area contributed by atoms with Gasteiger partial charge in [-0.3, -0.25) is 0 Å². The second-order valence-corrected chi connectivity index (χ2v) is 6.18. The maximum Gasteiger partial charge on any atom is 0.119 e. The van der Waals surface area contributed by atoms with Crippen LogP contribution in [0.5, 0.6) is 5.75 Å². The maximum absolute atomic E-state index is 5.94. The molecule has 1 aliphatic carbocycles. The summed E-state index contributed by atoms with van der Waals surface area (Å²) in [5, 5.41) is 0. The summed E-state index contributed by atoms with van der Waals surface area (Å²) in [6.45, 7) is 6.18. The van der Waals surface area contributed by atoms with E-state index in [1.54, 1.807) is 0 Å². The van der Waals surface area contributed by atoms with E-state index in [1.807, 2.05) is 0 Å². The number of aryl methyl sites for hydroxylation is 1. The van der Waals surface area contributed by atoms with Crippen molar-refractivity contribution in [3.05, 3.63) is 29.8 Å². The fourth-order valence-electron chi connectivity index (χ4n) is 2.89. The van der Waals surface area contributed by atoms with Crippen LogP contribution in [0.3, 0.4) is 0 Å². The van der Waals surface area contributed by atoms with Gasteiger partial charge in [0.1, 0.15) is 5.75 Å². The van der Waals surface area contributed by atoms with Crippen LogP contribution in [0.15, 0.2) is 24.3 Å². The summed E-state index contributed by atoms with van der Waals surface area (Å²) in [5.74, 6) is 1.70. The summed E-state index contributed by atoms with van der Waals surface area (Å²) in [6, 6.07) is 8.51. The molecule has 0 amide bonds. The third-order valence-corrected chi connectivity index (χ3v) is 4.46. The molecule has 0 radical (unpaired) electrons. The third kappa shape index (κ3) is 5.70. The Labute approximate surface area is 129 Å². The molecule has 1 aliphatic rings. The molecule has 1 saturated carbocycles. The molecule has 1 fully saturated rings. The topological polar surface area (TPSA) is 18.5 Å². The van der Waals surface area contributed by atoms with Gasteiger partial charge in [0.2, 0.25) is 0 Å². The van der Waals surface area contributed by atoms with Gasteiger partial charge in [-0.05, 0) is 62.1 Å². The normalized spacial score (nSPS) is 22.2. The van der Waals surface area contributed by atoms with Gasteiger partial charge in [-0.15, -0.1) is 0 Å². The Morgan fingerprint density at radius 2 is 1.71 bits per heavy atom. The van der Waals surface area contributed by atoms with Crippen LogP contribution in [-0.2, 0) is 11.2 Å². The summed E-state index contributed by atoms with van der Waals surface area (Å²) in [4.78, 5) is 0. The van der Waals surface area contributed by atoms with Crippen molar-refractivity contribution in [1.29, 1.82) is 0 Å². The Kier molecular flexibility index (Phi) is 7.08. The summed E-state index contributed by atoms with van der Waals surface area (Å²) in [7, 11) is 0. The quantitative estimate of drug-likeness (QED) is 0.627. The van der Waals surface area contributed by atoms with Gasteiger partial charge in [0.05, 0.1) is 12.7 Å². The smallest absolute Gasteiger partial charge is 0.119 e. The first kappa shape index (κ1) is 16.4. The molecule has 118 valence electrons. The maximum atomic E-state index is 5.94. The van der Waals surface area contributed by atoms with Crippen molar-refractivity contribution in [1.82, 2.24) is 0 Å². The van der Waals surface area contributed by atoms with Gasteiger partial charge in [0.15, 0.2) is 0 Å². The molecule has 0 aromatic heterocycles. The molecule has 1 aromatic rings. The molecule has 1 aromatic carbocycles. The zero-order valence-electron chi connectivity index (χ0n) is 13.6. The highest BCUT2D eigenvalue weighted by atomic mass is 16.5. The van der Waals surface area contributed by atoms with Crippen LogP contribution >= 0.6 is 0 Å². The summed E-state index contributed by atoms with van der Waals surface area (Å²) in [5.41, 5.74) is 1.37. The van der Waals surface area contributed by atoms with Crippen LogP contribution in [0, 0.1) is 5.92 Å². The number of unbranched alkanes of at least 4 members (excludes halogenated alkanes) is 1. The van der Waals surface area contributed by atoms with E-state index in [0.717, 1.165) is 25.4 Å². The Balaban J connectivity index is 1.64. The lowest BCUT2D eigenvalue weighted by Gasteiger charge is -2.28. The van der Waals surface area contributed by atoms with E-state index in [2.05, 4.69) is 38.1 Å². The van der Waals surface area contributed by atoms with Crippen molar-refractivity contribution in [3.63, 3.8) is 0 Å². The Morgan fingerprint density at radius 3 is 2.33 bits per heavy atom. The fourth-order valence-corrected chi connectivity index (χ4v) is 2.89. The van der Waals surface area contributed by atoms with E-state index in [-0.39, 0.29) is 0 Å². The van der Waals surface area contributed by atoms with Crippen molar-refractivity contribution in [2.45, 2.75) is 64.9 Å². The van der Waals surface area contributed by atoms with E-state index in [9.17, 15) is 0 Å². The minimum Gasteiger partial charge on any atom is -0.493 e. The highest BCUT2D eigenvalue weighted by Crippen LogP contribution is 2.27. The van der Waals surface area contributed by atoms with E-state index in [1.165, 1.54) is 44.1 Å². The molecule has 21 heavy (non-hydrogen) atoms. The molecule has 0 bridgehead atoms. The van der Waals surface area contributed by atoms with Gasteiger partial charge in [0, 0.05) is 6.61 Å². The average molecular weight is 290 g/mol. The summed E-state index contributed by atoms with van der Waals surface area (Å²) >= 11 is 0. The summed E-state index contributed by atoms with van der Waals surface area (Å²) in [6.07, 6.45) is 8.88. The molecule has 0 heterocycles. The van der Waals surface area contributed by atoms with Crippen molar-refractivity contribution < 1.29 is 9.47 Å². The van der Waals surface area contributed by atoms with Crippen LogP contribution in [0.2, 0.25) is 0 Å². The highest BCUT2D eigenvalue weighted by molar-refractivity contribution is 5.27. The minimum atomic E-state index is 0.497. The lowest BCUT2D eigenvalue weighted by Crippen LogP contribution is -2.25. The molecule has 0 aliphatic heterocycles. The van der Waals surface area contributed by atoms with Crippen molar-refractivity contribution in [2.75, 3.05) is 13.2 Å². The van der Waals surface area contributed by atoms with Crippen LogP contribution in [-0.4, -0.2) is 19.3 Å². The van der Waals surface area contributed by atoms with Crippen LogP contribution in [0.25, 0.3) is 0 Å². The first-order valence-electron chi connectivity index (χ1n) is 8.65. The van der Waals surface area contributed by atoms with E-state index >= 15 is 0 Å². The largest absolute Gasteiger partial charge is 0.493 e. The second-order valence-electron chi connectivity index (χ2n) is 6.18. The van der Waals surface area contributed by atoms with Crippen molar-refractivity contribution >= 4 is 0 Å². The number of rotatable bonds is 8. The molecular weight excluding hydrogens is 260 g/mol. The van der Waals surface area contributed by atoms with Gasteiger partial charge >= 0.3 is 0 Å². The lowest BCUT2D eigenvalue weighted by atomic mass is 9.88. The molecule has 0 saturated heterocycles. The molecule has 0 atom stereocenters. The highest BCUT2D eigenvalue weighted by Gasteiger charge is 2.21. The molecule has 0 unspecified atom stereocenters. The number of hydrogen-bond acceptors (Lipinski definition) is 2. The molecule has 0 N–H and O–H groups in total. The number of hydrogen-bond donors (Lipinski definition) is 0. The first-order valence-corrected chi connectivity index (χ1v) is 8.65. The molecule has 2 nitrogen and oxygen atoms in total. The fraction of sp³-hybridized carbons (Fsp3) is 0.684. The Bertz CT molecular complexity index is 377. The Morgan fingerprint density at radius 1 is 1.00 bits per heavy atom. The SMILES string of the molecule is CCCCOC1CCC(COc2ccc(CC)cc2)CC1. The molecule has 2 rings (SSSR count). The van der Waals surface area contributed by atoms with Crippen molar-refractivity contribution in [2.24, 2.45) is 5.92 Å². The van der Waals surface area contributed by atoms with Crippen LogP contribution in [0.4, 0.5) is 0 Å². The van der Waals surface area contributed by atoms with Gasteiger partial charge in [0.25, 0.3) is 0 Å². The number of ether oxygens (including phenoxy) is 2. The van der Waals surface area contributed by atoms with Gasteiger partial charge in [-0.2, -0.15) is 0 Å².